The Hall–Kier alpha value is -0.530. The van der Waals surface area contributed by atoms with E-state index in [1.54, 1.807) is 0 Å². The van der Waals surface area contributed by atoms with E-state index in [9.17, 15) is 4.79 Å². The normalized spacial score (nSPS) is 17.9. The van der Waals surface area contributed by atoms with Gasteiger partial charge in [-0.2, -0.15) is 0 Å². The summed E-state index contributed by atoms with van der Waals surface area (Å²) in [7, 11) is 1.39. The quantitative estimate of drug-likeness (QED) is 0.542. The van der Waals surface area contributed by atoms with E-state index in [0.717, 1.165) is 29.8 Å². The van der Waals surface area contributed by atoms with E-state index >= 15 is 0 Å². The van der Waals surface area contributed by atoms with Crippen molar-refractivity contribution in [2.75, 3.05) is 20.3 Å². The molecule has 0 N–H and O–H groups in total. The predicted octanol–water partition coefficient (Wildman–Crippen LogP) is 3.41. The molecule has 22 heavy (non-hydrogen) atoms. The monoisotopic (exact) mass is 365 g/mol. The van der Waals surface area contributed by atoms with E-state index in [2.05, 4.69) is 4.98 Å². The zero-order valence-electron chi connectivity index (χ0n) is 12.9. The van der Waals surface area contributed by atoms with Gasteiger partial charge in [0.25, 0.3) is 5.19 Å². The maximum atomic E-state index is 11.9. The summed E-state index contributed by atoms with van der Waals surface area (Å²) in [6.45, 7) is 1.66. The molecule has 0 saturated heterocycles. The van der Waals surface area contributed by atoms with Gasteiger partial charge in [0.15, 0.2) is 0 Å². The van der Waals surface area contributed by atoms with Crippen molar-refractivity contribution in [3.05, 3.63) is 10.6 Å². The molecule has 1 aliphatic carbocycles. The summed E-state index contributed by atoms with van der Waals surface area (Å²) < 4.78 is 21.5. The van der Waals surface area contributed by atoms with Crippen molar-refractivity contribution in [3.8, 4) is 5.19 Å². The molecule has 0 fully saturated rings. The predicted molar refractivity (Wildman–Crippen MR) is 88.0 cm³/mol. The van der Waals surface area contributed by atoms with Crippen molar-refractivity contribution in [2.45, 2.75) is 39.0 Å². The number of fused-ring (bicyclic) bond motifs is 1. The van der Waals surface area contributed by atoms with Crippen LogP contribution in [0.25, 0.3) is 0 Å². The Labute approximate surface area is 139 Å². The Morgan fingerprint density at radius 1 is 1.41 bits per heavy atom. The lowest BCUT2D eigenvalue weighted by Gasteiger charge is -2.19. The molecule has 1 atom stereocenters. The van der Waals surface area contributed by atoms with E-state index in [4.69, 9.17) is 30.1 Å². The first-order chi connectivity index (χ1) is 10.5. The third kappa shape index (κ3) is 4.06. The number of methoxy groups -OCH3 is 1. The third-order valence-corrected chi connectivity index (χ3v) is 6.72. The number of carbonyl (C=O) groups is 1. The van der Waals surface area contributed by atoms with E-state index in [-0.39, 0.29) is 11.9 Å². The molecule has 1 aromatic heterocycles. The molecule has 0 saturated carbocycles. The first kappa shape index (κ1) is 17.8. The van der Waals surface area contributed by atoms with Gasteiger partial charge in [0.05, 0.1) is 26.0 Å². The number of ether oxygens (including phenoxy) is 1. The van der Waals surface area contributed by atoms with Crippen LogP contribution >= 0.6 is 18.1 Å². The van der Waals surface area contributed by atoms with Crippen LogP contribution in [-0.2, 0) is 36.8 Å². The van der Waals surface area contributed by atoms with Crippen molar-refractivity contribution in [3.63, 3.8) is 0 Å². The number of hydrogen-bond acceptors (Lipinski definition) is 8. The van der Waals surface area contributed by atoms with Crippen LogP contribution in [0, 0.1) is 0 Å². The summed E-state index contributed by atoms with van der Waals surface area (Å²) in [6.07, 6.45) is 2.56. The highest BCUT2D eigenvalue weighted by atomic mass is 32.5. The third-order valence-electron chi connectivity index (χ3n) is 3.18. The summed E-state index contributed by atoms with van der Waals surface area (Å²) >= 11 is 6.75. The molecule has 1 aliphatic rings. The topological polar surface area (TPSA) is 66.9 Å². The van der Waals surface area contributed by atoms with E-state index < -0.39 is 6.72 Å². The van der Waals surface area contributed by atoms with Gasteiger partial charge in [-0.3, -0.25) is 13.8 Å². The highest BCUT2D eigenvalue weighted by Gasteiger charge is 2.33. The fraction of sp³-hybridized carbons (Fsp3) is 0.692. The zero-order chi connectivity index (χ0) is 16.2. The molecular formula is C13H20NO5PS2. The smallest absolute Gasteiger partial charge is 0.382 e. The Balaban J connectivity index is 2.22. The van der Waals surface area contributed by atoms with E-state index in [1.807, 2.05) is 13.8 Å². The number of aromatic nitrogens is 1. The van der Waals surface area contributed by atoms with Gasteiger partial charge in [-0.25, -0.2) is 4.98 Å². The molecule has 2 rings (SSSR count). The molecule has 124 valence electrons. The van der Waals surface area contributed by atoms with Gasteiger partial charge in [0.2, 0.25) is 0 Å². The molecule has 1 unspecified atom stereocenters. The number of aryl methyl sites for hydroxylation is 1. The van der Waals surface area contributed by atoms with Crippen molar-refractivity contribution in [2.24, 2.45) is 0 Å². The highest BCUT2D eigenvalue weighted by molar-refractivity contribution is 8.07. The maximum absolute atomic E-state index is 11.9. The molecule has 0 aromatic carbocycles. The van der Waals surface area contributed by atoms with Gasteiger partial charge < -0.3 is 9.26 Å². The van der Waals surface area contributed by atoms with Crippen LogP contribution in [0.3, 0.4) is 0 Å². The molecule has 0 bridgehead atoms. The minimum atomic E-state index is -2.83. The zero-order valence-corrected chi connectivity index (χ0v) is 15.4. The summed E-state index contributed by atoms with van der Waals surface area (Å²) in [5, 5.41) is 0.408. The molecule has 1 aromatic rings. The van der Waals surface area contributed by atoms with Crippen molar-refractivity contribution in [1.82, 2.24) is 4.98 Å². The largest absolute Gasteiger partial charge is 0.469 e. The highest BCUT2D eigenvalue weighted by Crippen LogP contribution is 2.51. The fourth-order valence-electron chi connectivity index (χ4n) is 2.31. The molecule has 1 heterocycles. The standard InChI is InChI=1S/C13H20NO5PS2/c1-4-17-20(21,18-5-2)19-13-14-11-9(12(15)16-3)7-6-8-10(11)22-13/h9H,4-8H2,1-3H3. The Morgan fingerprint density at radius 3 is 2.68 bits per heavy atom. The van der Waals surface area contributed by atoms with E-state index in [0.29, 0.717) is 18.4 Å². The molecule has 0 radical (unpaired) electrons. The van der Waals surface area contributed by atoms with Gasteiger partial charge in [0.1, 0.15) is 5.92 Å². The molecule has 0 amide bonds. The second kappa shape index (κ2) is 7.84. The lowest BCUT2D eigenvalue weighted by Crippen LogP contribution is -2.19. The molecular weight excluding hydrogens is 345 g/mol. The molecule has 6 nitrogen and oxygen atoms in total. The van der Waals surface area contributed by atoms with Crippen LogP contribution in [0.15, 0.2) is 0 Å². The van der Waals surface area contributed by atoms with Gasteiger partial charge in [-0.15, -0.1) is 0 Å². The van der Waals surface area contributed by atoms with Crippen LogP contribution in [0.2, 0.25) is 0 Å². The van der Waals surface area contributed by atoms with Crippen molar-refractivity contribution in [1.29, 1.82) is 0 Å². The Morgan fingerprint density at radius 2 is 2.09 bits per heavy atom. The average molecular weight is 365 g/mol. The summed E-state index contributed by atoms with van der Waals surface area (Å²) in [5.41, 5.74) is 0.743. The van der Waals surface area contributed by atoms with Crippen LogP contribution in [-0.4, -0.2) is 31.3 Å². The van der Waals surface area contributed by atoms with Crippen molar-refractivity contribution < 1.29 is 23.1 Å². The second-order valence-corrected chi connectivity index (χ2v) is 8.61. The van der Waals surface area contributed by atoms with Crippen LogP contribution in [0.1, 0.15) is 43.2 Å². The van der Waals surface area contributed by atoms with E-state index in [1.165, 1.54) is 18.4 Å². The second-order valence-electron chi connectivity index (χ2n) is 4.63. The van der Waals surface area contributed by atoms with Crippen molar-refractivity contribution >= 4 is 35.8 Å². The summed E-state index contributed by atoms with van der Waals surface area (Å²) in [5.74, 6) is -0.578. The number of hydrogen-bond donors (Lipinski definition) is 0. The van der Waals surface area contributed by atoms with Crippen LogP contribution < -0.4 is 4.52 Å². The summed E-state index contributed by atoms with van der Waals surface area (Å²) in [4.78, 5) is 17.4. The van der Waals surface area contributed by atoms with Gasteiger partial charge >= 0.3 is 12.7 Å². The van der Waals surface area contributed by atoms with Gasteiger partial charge in [-0.05, 0) is 33.1 Å². The van der Waals surface area contributed by atoms with Crippen LogP contribution in [0.5, 0.6) is 5.19 Å². The SMILES string of the molecule is CCOP(=S)(OCC)Oc1nc2c(s1)CCCC2C(=O)OC. The van der Waals surface area contributed by atoms with Gasteiger partial charge in [0, 0.05) is 16.7 Å². The van der Waals surface area contributed by atoms with Gasteiger partial charge in [-0.1, -0.05) is 11.3 Å². The molecule has 0 spiro atoms. The number of esters is 1. The lowest BCUT2D eigenvalue weighted by molar-refractivity contribution is -0.142. The first-order valence-corrected chi connectivity index (χ1v) is 10.6. The number of thiazole rings is 1. The fourth-order valence-corrected chi connectivity index (χ4v) is 5.68. The minimum Gasteiger partial charge on any atom is -0.469 e. The average Bonchev–Trinajstić information content (AvgIpc) is 2.88. The number of rotatable bonds is 7. The Kier molecular flexibility index (Phi) is 6.35. The Bertz CT molecular complexity index is 567. The maximum Gasteiger partial charge on any atom is 0.382 e. The number of nitrogens with zero attached hydrogens (tertiary/aromatic N) is 1. The molecule has 9 heteroatoms. The molecule has 0 aliphatic heterocycles. The summed E-state index contributed by atoms with van der Waals surface area (Å²) in [6, 6.07) is 0. The first-order valence-electron chi connectivity index (χ1n) is 7.19. The lowest BCUT2D eigenvalue weighted by atomic mass is 9.91. The van der Waals surface area contributed by atoms with Crippen LogP contribution in [0.4, 0.5) is 0 Å². The minimum absolute atomic E-state index is 0.258. The number of carbonyl (C=O) groups excluding carboxylic acids is 1.